The van der Waals surface area contributed by atoms with Crippen LogP contribution in [0.5, 0.6) is 5.75 Å². The first-order chi connectivity index (χ1) is 17.0. The fourth-order valence-electron chi connectivity index (χ4n) is 4.35. The van der Waals surface area contributed by atoms with Gasteiger partial charge in [0, 0.05) is 24.4 Å². The van der Waals surface area contributed by atoms with E-state index in [2.05, 4.69) is 15.3 Å². The van der Waals surface area contributed by atoms with Crippen molar-refractivity contribution in [3.8, 4) is 16.9 Å². The molecule has 7 nitrogen and oxygen atoms in total. The molecule has 0 radical (unpaired) electrons. The number of nitrogens with one attached hydrogen (secondary N) is 1. The first-order valence-electron chi connectivity index (χ1n) is 12.1. The molecule has 0 bridgehead atoms. The summed E-state index contributed by atoms with van der Waals surface area (Å²) in [6.45, 7) is 8.15. The van der Waals surface area contributed by atoms with Crippen molar-refractivity contribution >= 4 is 11.8 Å². The van der Waals surface area contributed by atoms with Crippen LogP contribution in [0.25, 0.3) is 11.1 Å². The van der Waals surface area contributed by atoms with E-state index in [1.54, 1.807) is 32.3 Å². The summed E-state index contributed by atoms with van der Waals surface area (Å²) >= 11 is 0. The fourth-order valence-corrected chi connectivity index (χ4v) is 4.35. The number of aromatic nitrogens is 2. The number of aliphatic hydroxyl groups is 1. The molecule has 2 aromatic carbocycles. The molecule has 3 aromatic rings. The number of anilines is 1. The molecule has 3 N–H and O–H groups in total. The Labute approximate surface area is 210 Å². The van der Waals surface area contributed by atoms with Crippen LogP contribution in [-0.2, 0) is 11.3 Å². The highest BCUT2D eigenvalue weighted by atomic mass is 19.1. The zero-order valence-electron chi connectivity index (χ0n) is 21.0. The van der Waals surface area contributed by atoms with Gasteiger partial charge in [-0.3, -0.25) is 9.78 Å². The number of aliphatic carboxylic acids is 1. The summed E-state index contributed by atoms with van der Waals surface area (Å²) in [7, 11) is 0. The van der Waals surface area contributed by atoms with Crippen molar-refractivity contribution in [2.75, 3.05) is 11.9 Å². The molecule has 1 aliphatic rings. The monoisotopic (exact) mass is 493 g/mol. The second kappa shape index (κ2) is 10.2. The number of hydrogen-bond acceptors (Lipinski definition) is 6. The Hall–Kier alpha value is -3.52. The number of hydrogen-bond donors (Lipinski definition) is 3. The molecular formula is C28H32FN3O4. The number of benzene rings is 2. The first kappa shape index (κ1) is 25.6. The highest BCUT2D eigenvalue weighted by molar-refractivity contribution is 5.75. The smallest absolute Gasteiger partial charge is 0.307 e. The standard InChI is InChI=1S/C28H32FN3O4/c1-16-9-20(36-8-7-28(3,4)35)10-17(2)26(16)18-5-6-23(29)19(11-18)13-31-25-15-30-24(14-32-25)21-12-22(21)27(33)34/h5-6,9-11,14-15,21-22,35H,7-8,12-13H2,1-4H3,(H,31,32)(H,33,34)/t21-,22-/m0/s1. The van der Waals surface area contributed by atoms with Gasteiger partial charge in [0.2, 0.25) is 0 Å². The largest absolute Gasteiger partial charge is 0.493 e. The minimum absolute atomic E-state index is 0.0806. The Kier molecular flexibility index (Phi) is 7.26. The zero-order chi connectivity index (χ0) is 26.0. The van der Waals surface area contributed by atoms with E-state index in [1.807, 2.05) is 32.0 Å². The maximum Gasteiger partial charge on any atom is 0.307 e. The third kappa shape index (κ3) is 6.18. The van der Waals surface area contributed by atoms with Crippen LogP contribution in [0, 0.1) is 25.6 Å². The van der Waals surface area contributed by atoms with Crippen LogP contribution in [0.1, 0.15) is 55.0 Å². The van der Waals surface area contributed by atoms with Crippen molar-refractivity contribution in [2.45, 2.75) is 58.6 Å². The molecular weight excluding hydrogens is 461 g/mol. The zero-order valence-corrected chi connectivity index (χ0v) is 21.0. The number of halogens is 1. The molecule has 1 saturated carbocycles. The summed E-state index contributed by atoms with van der Waals surface area (Å²) in [4.78, 5) is 19.7. The van der Waals surface area contributed by atoms with Gasteiger partial charge >= 0.3 is 5.97 Å². The Balaban J connectivity index is 1.44. The van der Waals surface area contributed by atoms with Crippen LogP contribution >= 0.6 is 0 Å². The average Bonchev–Trinajstić information content (AvgIpc) is 3.60. The minimum atomic E-state index is -0.808. The second-order valence-corrected chi connectivity index (χ2v) is 10.1. The molecule has 36 heavy (non-hydrogen) atoms. The molecule has 1 fully saturated rings. The summed E-state index contributed by atoms with van der Waals surface area (Å²) in [5.74, 6) is -0.350. The van der Waals surface area contributed by atoms with E-state index >= 15 is 0 Å². The Morgan fingerprint density at radius 2 is 1.89 bits per heavy atom. The van der Waals surface area contributed by atoms with Crippen molar-refractivity contribution < 1.29 is 24.1 Å². The van der Waals surface area contributed by atoms with Crippen molar-refractivity contribution in [2.24, 2.45) is 5.92 Å². The predicted octanol–water partition coefficient (Wildman–Crippen LogP) is 5.24. The summed E-state index contributed by atoms with van der Waals surface area (Å²) < 4.78 is 20.5. The highest BCUT2D eigenvalue weighted by Gasteiger charge is 2.45. The molecule has 190 valence electrons. The van der Waals surface area contributed by atoms with E-state index in [9.17, 15) is 14.3 Å². The van der Waals surface area contributed by atoms with Crippen LogP contribution in [0.2, 0.25) is 0 Å². The Bertz CT molecular complexity index is 1230. The van der Waals surface area contributed by atoms with Gasteiger partial charge < -0.3 is 20.3 Å². The molecule has 0 unspecified atom stereocenters. The number of aryl methyl sites for hydroxylation is 2. The van der Waals surface area contributed by atoms with E-state index in [4.69, 9.17) is 9.84 Å². The quantitative estimate of drug-likeness (QED) is 0.355. The summed E-state index contributed by atoms with van der Waals surface area (Å²) in [6.07, 6.45) is 4.25. The van der Waals surface area contributed by atoms with Gasteiger partial charge in [-0.2, -0.15) is 0 Å². The van der Waals surface area contributed by atoms with E-state index in [0.717, 1.165) is 28.0 Å². The fraction of sp³-hybridized carbons (Fsp3) is 0.393. The van der Waals surface area contributed by atoms with E-state index < -0.39 is 11.6 Å². The highest BCUT2D eigenvalue weighted by Crippen LogP contribution is 2.46. The van der Waals surface area contributed by atoms with Crippen LogP contribution in [-0.4, -0.2) is 38.4 Å². The van der Waals surface area contributed by atoms with Gasteiger partial charge in [0.05, 0.1) is 36.2 Å². The van der Waals surface area contributed by atoms with Crippen molar-refractivity contribution in [3.63, 3.8) is 0 Å². The lowest BCUT2D eigenvalue weighted by Gasteiger charge is -2.18. The number of rotatable bonds is 10. The topological polar surface area (TPSA) is 105 Å². The molecule has 1 heterocycles. The molecule has 0 aliphatic heterocycles. The summed E-state index contributed by atoms with van der Waals surface area (Å²) in [6, 6.07) is 8.98. The van der Waals surface area contributed by atoms with E-state index in [0.29, 0.717) is 36.5 Å². The molecule has 8 heteroatoms. The molecule has 4 rings (SSSR count). The lowest BCUT2D eigenvalue weighted by Crippen LogP contribution is -2.21. The molecule has 2 atom stereocenters. The predicted molar refractivity (Wildman–Crippen MR) is 136 cm³/mol. The van der Waals surface area contributed by atoms with Gasteiger partial charge in [-0.15, -0.1) is 0 Å². The van der Waals surface area contributed by atoms with Crippen molar-refractivity contribution in [3.05, 3.63) is 70.9 Å². The van der Waals surface area contributed by atoms with Crippen LogP contribution < -0.4 is 10.1 Å². The molecule has 0 saturated heterocycles. The lowest BCUT2D eigenvalue weighted by atomic mass is 9.94. The van der Waals surface area contributed by atoms with Gasteiger partial charge in [-0.05, 0) is 80.6 Å². The number of nitrogens with zero attached hydrogens (tertiary/aromatic N) is 2. The van der Waals surface area contributed by atoms with Gasteiger partial charge in [0.15, 0.2) is 0 Å². The van der Waals surface area contributed by atoms with Crippen molar-refractivity contribution in [1.29, 1.82) is 0 Å². The maximum atomic E-state index is 14.6. The van der Waals surface area contributed by atoms with Crippen LogP contribution in [0.4, 0.5) is 10.2 Å². The van der Waals surface area contributed by atoms with Gasteiger partial charge in [-0.1, -0.05) is 6.07 Å². The Morgan fingerprint density at radius 1 is 1.17 bits per heavy atom. The van der Waals surface area contributed by atoms with Crippen molar-refractivity contribution in [1.82, 2.24) is 9.97 Å². The summed E-state index contributed by atoms with van der Waals surface area (Å²) in [5.41, 5.74) is 4.33. The van der Waals surface area contributed by atoms with Gasteiger partial charge in [0.25, 0.3) is 0 Å². The minimum Gasteiger partial charge on any atom is -0.493 e. The van der Waals surface area contributed by atoms with Gasteiger partial charge in [-0.25, -0.2) is 9.37 Å². The number of ether oxygens (including phenoxy) is 1. The van der Waals surface area contributed by atoms with Gasteiger partial charge in [0.1, 0.15) is 17.4 Å². The molecule has 1 aliphatic carbocycles. The van der Waals surface area contributed by atoms with Crippen LogP contribution in [0.15, 0.2) is 42.7 Å². The third-order valence-electron chi connectivity index (χ3n) is 6.44. The third-order valence-corrected chi connectivity index (χ3v) is 6.44. The average molecular weight is 494 g/mol. The SMILES string of the molecule is Cc1cc(OCCC(C)(C)O)cc(C)c1-c1ccc(F)c(CNc2cnc([C@H]3C[C@@H]3C(=O)O)cn2)c1. The number of carbonyl (C=O) groups is 1. The number of carboxylic acids is 1. The normalized spacial score (nSPS) is 17.1. The number of carboxylic acid groups (broad SMARTS) is 1. The first-order valence-corrected chi connectivity index (χ1v) is 12.1. The second-order valence-electron chi connectivity index (χ2n) is 10.1. The van der Waals surface area contributed by atoms with E-state index in [1.165, 1.54) is 6.07 Å². The molecule has 0 amide bonds. The van der Waals surface area contributed by atoms with Crippen LogP contribution in [0.3, 0.4) is 0 Å². The van der Waals surface area contributed by atoms with E-state index in [-0.39, 0.29) is 24.2 Å². The molecule has 1 aromatic heterocycles. The maximum absolute atomic E-state index is 14.6. The molecule has 0 spiro atoms. The lowest BCUT2D eigenvalue weighted by molar-refractivity contribution is -0.138. The Morgan fingerprint density at radius 3 is 2.47 bits per heavy atom. The summed E-state index contributed by atoms with van der Waals surface area (Å²) in [5, 5.41) is 22.1.